The molecule has 0 saturated heterocycles. The molecule has 20 heavy (non-hydrogen) atoms. The number of para-hydroxylation sites is 1. The third-order valence-electron chi connectivity index (χ3n) is 3.10. The van der Waals surface area contributed by atoms with Crippen LogP contribution in [0.25, 0.3) is 0 Å². The number of aromatic hydroxyl groups is 1. The van der Waals surface area contributed by atoms with E-state index in [9.17, 15) is 9.90 Å². The van der Waals surface area contributed by atoms with Crippen molar-refractivity contribution >= 4 is 29.0 Å². The van der Waals surface area contributed by atoms with Gasteiger partial charge in [-0.05, 0) is 37.6 Å². The number of rotatable bonds is 3. The second kappa shape index (κ2) is 5.81. The van der Waals surface area contributed by atoms with E-state index in [4.69, 9.17) is 23.2 Å². The Kier molecular flexibility index (Phi) is 4.31. The van der Waals surface area contributed by atoms with E-state index in [1.165, 1.54) is 6.07 Å². The first-order chi connectivity index (χ1) is 9.41. The van der Waals surface area contributed by atoms with E-state index in [0.717, 1.165) is 11.3 Å². The summed E-state index contributed by atoms with van der Waals surface area (Å²) in [6.45, 7) is 3.68. The Balaban J connectivity index is 2.60. The number of aryl methyl sites for hydroxylation is 2. The Labute approximate surface area is 127 Å². The van der Waals surface area contributed by atoms with Gasteiger partial charge in [-0.25, -0.2) is 0 Å². The minimum absolute atomic E-state index is 0.0811. The Hall–Kier alpha value is -1.58. The molecule has 2 rings (SSSR count). The van der Waals surface area contributed by atoms with Crippen LogP contribution < -0.4 is 0 Å². The highest BCUT2D eigenvalue weighted by Crippen LogP contribution is 2.30. The Morgan fingerprint density at radius 1 is 1.20 bits per heavy atom. The lowest BCUT2D eigenvalue weighted by molar-refractivity contribution is 0.103. The summed E-state index contributed by atoms with van der Waals surface area (Å²) >= 11 is 11.8. The Morgan fingerprint density at radius 2 is 1.85 bits per heavy atom. The van der Waals surface area contributed by atoms with Crippen LogP contribution in [0.4, 0.5) is 0 Å². The zero-order valence-corrected chi connectivity index (χ0v) is 12.5. The molecule has 1 aromatic carbocycles. The number of hydrogen-bond acceptors (Lipinski definition) is 3. The van der Waals surface area contributed by atoms with Crippen molar-refractivity contribution in [2.45, 2.75) is 18.7 Å². The highest BCUT2D eigenvalue weighted by molar-refractivity contribution is 6.44. The maximum Gasteiger partial charge on any atom is 0.198 e. The third-order valence-corrected chi connectivity index (χ3v) is 3.51. The summed E-state index contributed by atoms with van der Waals surface area (Å²) in [5, 5.41) is 9.79. The molecule has 104 valence electrons. The van der Waals surface area contributed by atoms with Gasteiger partial charge in [0.25, 0.3) is 0 Å². The number of carbonyl (C=O) groups excluding carboxylic acids is 1. The highest BCUT2D eigenvalue weighted by Gasteiger charge is 2.22. The van der Waals surface area contributed by atoms with Crippen LogP contribution >= 0.6 is 23.2 Å². The normalized spacial score (nSPS) is 10.8. The third kappa shape index (κ3) is 2.79. The summed E-state index contributed by atoms with van der Waals surface area (Å²) in [5.41, 5.74) is 2.45. The van der Waals surface area contributed by atoms with Crippen LogP contribution in [-0.4, -0.2) is 15.9 Å². The molecule has 0 bridgehead atoms. The van der Waals surface area contributed by atoms with Crippen LogP contribution in [0.5, 0.6) is 5.75 Å². The summed E-state index contributed by atoms with van der Waals surface area (Å²) in [6.07, 6.45) is 0. The number of halogens is 2. The molecule has 0 aliphatic carbocycles. The van der Waals surface area contributed by atoms with Crippen LogP contribution in [-0.2, 0) is 0 Å². The van der Waals surface area contributed by atoms with E-state index < -0.39 is 4.84 Å². The van der Waals surface area contributed by atoms with Gasteiger partial charge < -0.3 is 5.11 Å². The first-order valence-electron chi connectivity index (χ1n) is 6.00. The molecule has 1 N–H and O–H groups in total. The number of alkyl halides is 2. The first kappa shape index (κ1) is 14.8. The van der Waals surface area contributed by atoms with Crippen molar-refractivity contribution in [1.82, 2.24) is 4.98 Å². The standard InChI is InChI=1S/C15H13Cl2NO2/c1-8-7-11(13(15(16)17)18-9(8)2)14(20)10-5-3-4-6-12(10)19/h3-7,15,19H,1-2H3. The zero-order valence-electron chi connectivity index (χ0n) is 11.0. The van der Waals surface area contributed by atoms with Gasteiger partial charge in [0.15, 0.2) is 5.78 Å². The van der Waals surface area contributed by atoms with E-state index >= 15 is 0 Å². The number of benzene rings is 1. The fourth-order valence-corrected chi connectivity index (χ4v) is 2.22. The number of nitrogens with zero attached hydrogens (tertiary/aromatic N) is 1. The number of aromatic nitrogens is 1. The molecule has 0 aliphatic rings. The van der Waals surface area contributed by atoms with E-state index in [0.29, 0.717) is 11.3 Å². The van der Waals surface area contributed by atoms with Crippen molar-refractivity contribution in [3.63, 3.8) is 0 Å². The Morgan fingerprint density at radius 3 is 2.45 bits per heavy atom. The van der Waals surface area contributed by atoms with Crippen LogP contribution in [0.1, 0.15) is 37.7 Å². The lowest BCUT2D eigenvalue weighted by Gasteiger charge is -2.12. The van der Waals surface area contributed by atoms with Crippen molar-refractivity contribution in [3.8, 4) is 5.75 Å². The van der Waals surface area contributed by atoms with E-state index in [1.54, 1.807) is 24.3 Å². The highest BCUT2D eigenvalue weighted by atomic mass is 35.5. The van der Waals surface area contributed by atoms with Gasteiger partial charge in [-0.15, -0.1) is 0 Å². The largest absolute Gasteiger partial charge is 0.507 e. The molecule has 0 atom stereocenters. The van der Waals surface area contributed by atoms with Crippen molar-refractivity contribution in [2.24, 2.45) is 0 Å². The lowest BCUT2D eigenvalue weighted by Crippen LogP contribution is -2.09. The molecule has 1 heterocycles. The molecular weight excluding hydrogens is 297 g/mol. The molecule has 0 fully saturated rings. The molecule has 0 spiro atoms. The minimum atomic E-state index is -0.904. The van der Waals surface area contributed by atoms with Gasteiger partial charge in [-0.2, -0.15) is 0 Å². The molecule has 0 amide bonds. The van der Waals surface area contributed by atoms with Crippen molar-refractivity contribution in [3.05, 3.63) is 58.4 Å². The second-order valence-electron chi connectivity index (χ2n) is 4.47. The van der Waals surface area contributed by atoms with Crippen LogP contribution in [0.3, 0.4) is 0 Å². The van der Waals surface area contributed by atoms with Gasteiger partial charge in [0, 0.05) is 11.3 Å². The number of carbonyl (C=O) groups is 1. The molecule has 0 unspecified atom stereocenters. The fraction of sp³-hybridized carbons (Fsp3) is 0.200. The summed E-state index contributed by atoms with van der Waals surface area (Å²) in [7, 11) is 0. The van der Waals surface area contributed by atoms with Gasteiger partial charge in [-0.1, -0.05) is 35.3 Å². The molecule has 0 radical (unpaired) electrons. The second-order valence-corrected chi connectivity index (χ2v) is 5.57. The van der Waals surface area contributed by atoms with Crippen molar-refractivity contribution in [2.75, 3.05) is 0 Å². The summed E-state index contributed by atoms with van der Waals surface area (Å²) in [5.74, 6) is -0.428. The molecule has 0 saturated carbocycles. The maximum absolute atomic E-state index is 12.5. The van der Waals surface area contributed by atoms with Crippen molar-refractivity contribution in [1.29, 1.82) is 0 Å². The quantitative estimate of drug-likeness (QED) is 0.685. The first-order valence-corrected chi connectivity index (χ1v) is 6.88. The summed E-state index contributed by atoms with van der Waals surface area (Å²) in [6, 6.07) is 8.04. The number of pyridine rings is 1. The van der Waals surface area contributed by atoms with E-state index in [1.807, 2.05) is 13.8 Å². The fourth-order valence-electron chi connectivity index (χ4n) is 1.88. The van der Waals surface area contributed by atoms with E-state index in [-0.39, 0.29) is 17.1 Å². The van der Waals surface area contributed by atoms with Crippen molar-refractivity contribution < 1.29 is 9.90 Å². The average molecular weight is 310 g/mol. The molecule has 2 aromatic rings. The topological polar surface area (TPSA) is 50.2 Å². The van der Waals surface area contributed by atoms with Crippen LogP contribution in [0, 0.1) is 13.8 Å². The number of ketones is 1. The average Bonchev–Trinajstić information content (AvgIpc) is 2.41. The molecule has 0 aliphatic heterocycles. The summed E-state index contributed by atoms with van der Waals surface area (Å²) < 4.78 is 0. The molecular formula is C15H13Cl2NO2. The monoisotopic (exact) mass is 309 g/mol. The van der Waals surface area contributed by atoms with Gasteiger partial charge in [0.1, 0.15) is 10.6 Å². The predicted octanol–water partition coefficient (Wildman–Crippen LogP) is 4.11. The summed E-state index contributed by atoms with van der Waals surface area (Å²) in [4.78, 5) is 15.9. The molecule has 1 aromatic heterocycles. The van der Waals surface area contributed by atoms with E-state index in [2.05, 4.69) is 4.98 Å². The SMILES string of the molecule is Cc1cc(C(=O)c2ccccc2O)c(C(Cl)Cl)nc1C. The smallest absolute Gasteiger partial charge is 0.198 e. The zero-order chi connectivity index (χ0) is 14.9. The van der Waals surface area contributed by atoms with Crippen LogP contribution in [0.15, 0.2) is 30.3 Å². The van der Waals surface area contributed by atoms with Gasteiger partial charge in [0.05, 0.1) is 11.3 Å². The van der Waals surface area contributed by atoms with Gasteiger partial charge in [-0.3, -0.25) is 9.78 Å². The van der Waals surface area contributed by atoms with Gasteiger partial charge >= 0.3 is 0 Å². The molecule has 3 nitrogen and oxygen atoms in total. The number of hydrogen-bond donors (Lipinski definition) is 1. The predicted molar refractivity (Wildman–Crippen MR) is 79.7 cm³/mol. The maximum atomic E-state index is 12.5. The van der Waals surface area contributed by atoms with Crippen LogP contribution in [0.2, 0.25) is 0 Å². The minimum Gasteiger partial charge on any atom is -0.507 e. The Bertz CT molecular complexity index is 669. The lowest BCUT2D eigenvalue weighted by atomic mass is 9.99. The van der Waals surface area contributed by atoms with Gasteiger partial charge in [0.2, 0.25) is 0 Å². The number of phenols is 1. The number of phenolic OH excluding ortho intramolecular Hbond substituents is 1. The molecule has 5 heteroatoms.